The molecule has 0 unspecified atom stereocenters. The van der Waals surface area contributed by atoms with Crippen LogP contribution in [0.2, 0.25) is 0 Å². The second-order valence-corrected chi connectivity index (χ2v) is 18.5. The number of furan rings is 1. The van der Waals surface area contributed by atoms with Crippen LogP contribution in [0.15, 0.2) is 53.0 Å². The molecule has 3 saturated carbocycles. The van der Waals surface area contributed by atoms with Crippen LogP contribution >= 0.6 is 0 Å². The van der Waals surface area contributed by atoms with Crippen LogP contribution in [0.25, 0.3) is 33.0 Å². The molecule has 4 aromatic rings. The highest BCUT2D eigenvalue weighted by atomic mass is 32.2. The first-order valence-corrected chi connectivity index (χ1v) is 22.0. The number of allylic oxidation sites excluding steroid dienone is 1. The van der Waals surface area contributed by atoms with E-state index in [1.165, 1.54) is 41.3 Å². The molecule has 4 amide bonds. The van der Waals surface area contributed by atoms with Gasteiger partial charge in [0.2, 0.25) is 21.8 Å². The van der Waals surface area contributed by atoms with Gasteiger partial charge in [-0.15, -0.1) is 0 Å². The molecular formula is C42H45F2N5O9S. The van der Waals surface area contributed by atoms with Gasteiger partial charge in [0, 0.05) is 23.1 Å². The van der Waals surface area contributed by atoms with Crippen molar-refractivity contribution >= 4 is 66.8 Å². The maximum Gasteiger partial charge on any atom is 0.408 e. The summed E-state index contributed by atoms with van der Waals surface area (Å²) < 4.78 is 75.7. The quantitative estimate of drug-likeness (QED) is 0.192. The summed E-state index contributed by atoms with van der Waals surface area (Å²) >= 11 is 0. The molecular weight excluding hydrogens is 789 g/mol. The third kappa shape index (κ3) is 7.80. The van der Waals surface area contributed by atoms with E-state index >= 15 is 0 Å². The second-order valence-electron chi connectivity index (χ2n) is 16.5. The van der Waals surface area contributed by atoms with Gasteiger partial charge in [0.25, 0.3) is 5.91 Å². The van der Waals surface area contributed by atoms with E-state index in [2.05, 4.69) is 20.3 Å². The Balaban J connectivity index is 1.07. The lowest BCUT2D eigenvalue weighted by Crippen LogP contribution is -2.58. The van der Waals surface area contributed by atoms with E-state index in [1.54, 1.807) is 0 Å². The number of amides is 4. The maximum atomic E-state index is 14.8. The van der Waals surface area contributed by atoms with E-state index in [4.69, 9.17) is 13.9 Å². The van der Waals surface area contributed by atoms with Crippen molar-refractivity contribution in [2.24, 2.45) is 5.92 Å². The molecule has 1 saturated heterocycles. The minimum Gasteiger partial charge on any atom is -0.484 e. The molecule has 2 aromatic carbocycles. The number of nitrogens with zero attached hydrogens (tertiary/aromatic N) is 2. The van der Waals surface area contributed by atoms with Crippen molar-refractivity contribution in [3.8, 4) is 5.75 Å². The van der Waals surface area contributed by atoms with Gasteiger partial charge in [0.1, 0.15) is 52.6 Å². The fourth-order valence-electron chi connectivity index (χ4n) is 8.82. The number of pyridine rings is 1. The lowest BCUT2D eigenvalue weighted by atomic mass is 10.0. The first-order valence-electron chi connectivity index (χ1n) is 20.5. The lowest BCUT2D eigenvalue weighted by molar-refractivity contribution is -0.141. The number of sulfonamides is 1. The molecule has 2 aliphatic heterocycles. The van der Waals surface area contributed by atoms with Gasteiger partial charge in [-0.2, -0.15) is 0 Å². The SMILES string of the molecule is O=C(N[C@H]1CCCCC/C=C\[C@@H]2C[C@@]2(C(=O)NS(=O)(=O)C2CC2)NC(=O)[C@@H]2C[C@@H](Oc3c4cc(F)ccc4nc4c3oc3ccc(F)cc34)CN2C1=O)OC1CCCC1. The number of benzene rings is 2. The predicted octanol–water partition coefficient (Wildman–Crippen LogP) is 5.80. The first-order chi connectivity index (χ1) is 28.4. The molecule has 59 heavy (non-hydrogen) atoms. The number of aromatic nitrogens is 1. The number of alkyl carbamates (subject to hydrolysis) is 1. The Morgan fingerprint density at radius 3 is 2.46 bits per heavy atom. The van der Waals surface area contributed by atoms with Crippen LogP contribution in [-0.2, 0) is 29.1 Å². The van der Waals surface area contributed by atoms with Gasteiger partial charge in [-0.1, -0.05) is 25.0 Å². The second kappa shape index (κ2) is 15.4. The fraction of sp³-hybridized carbons (Fsp3) is 0.500. The van der Waals surface area contributed by atoms with Gasteiger partial charge in [-0.05, 0) is 101 Å². The first kappa shape index (κ1) is 39.2. The zero-order chi connectivity index (χ0) is 41.1. The van der Waals surface area contributed by atoms with Crippen molar-refractivity contribution < 1.29 is 50.3 Å². The van der Waals surface area contributed by atoms with Crippen LogP contribution < -0.4 is 20.1 Å². The van der Waals surface area contributed by atoms with E-state index in [0.29, 0.717) is 42.2 Å². The van der Waals surface area contributed by atoms with Gasteiger partial charge in [-0.3, -0.25) is 19.1 Å². The number of carbonyl (C=O) groups is 4. The van der Waals surface area contributed by atoms with Gasteiger partial charge >= 0.3 is 6.09 Å². The molecule has 5 aliphatic rings. The highest BCUT2D eigenvalue weighted by molar-refractivity contribution is 7.91. The summed E-state index contributed by atoms with van der Waals surface area (Å²) in [6.45, 7) is -0.166. The normalized spacial score (nSPS) is 27.4. The Kier molecular flexibility index (Phi) is 10.2. The summed E-state index contributed by atoms with van der Waals surface area (Å²) in [5.74, 6) is -3.64. The van der Waals surface area contributed by atoms with E-state index in [0.717, 1.165) is 38.5 Å². The average Bonchev–Trinajstić information content (AvgIpc) is 4.02. The third-order valence-corrected chi connectivity index (χ3v) is 14.1. The number of hydrogen-bond donors (Lipinski definition) is 3. The largest absolute Gasteiger partial charge is 0.484 e. The topological polar surface area (TPSA) is 186 Å². The van der Waals surface area contributed by atoms with Crippen molar-refractivity contribution in [2.45, 2.75) is 119 Å². The van der Waals surface area contributed by atoms with Crippen molar-refractivity contribution in [1.29, 1.82) is 0 Å². The van der Waals surface area contributed by atoms with Gasteiger partial charge < -0.3 is 29.4 Å². The van der Waals surface area contributed by atoms with E-state index in [9.17, 15) is 36.4 Å². The van der Waals surface area contributed by atoms with Gasteiger partial charge in [0.15, 0.2) is 11.3 Å². The molecule has 14 nitrogen and oxygen atoms in total. The monoisotopic (exact) mass is 833 g/mol. The summed E-state index contributed by atoms with van der Waals surface area (Å²) in [7, 11) is -3.95. The Morgan fingerprint density at radius 2 is 1.68 bits per heavy atom. The molecule has 312 valence electrons. The van der Waals surface area contributed by atoms with E-state index in [1.807, 2.05) is 12.2 Å². The number of hydrogen-bond acceptors (Lipinski definition) is 10. The van der Waals surface area contributed by atoms with E-state index in [-0.39, 0.29) is 54.1 Å². The summed E-state index contributed by atoms with van der Waals surface area (Å²) in [6, 6.07) is 5.57. The molecule has 0 radical (unpaired) electrons. The van der Waals surface area contributed by atoms with Crippen LogP contribution in [0.5, 0.6) is 5.75 Å². The van der Waals surface area contributed by atoms with Gasteiger partial charge in [0.05, 0.1) is 17.3 Å². The summed E-state index contributed by atoms with van der Waals surface area (Å²) in [4.78, 5) is 62.3. The molecule has 2 aromatic heterocycles. The Bertz CT molecular complexity index is 2500. The van der Waals surface area contributed by atoms with E-state index < -0.39 is 80.4 Å². The standard InChI is InChI=1S/C42H45F2N5O9S/c43-24-12-16-31-29(18-24)36(37-35(45-31)30-19-25(44)13-17-34(30)58-37)56-27-20-33-38(50)47-42(40(52)48-59(54,55)28-14-15-28)21-23(42)8-4-2-1-3-5-11-32(39(51)49(33)22-27)46-41(53)57-26-9-6-7-10-26/h4,8,12-13,16-19,23,26-28,32-33H,1-3,5-7,9-11,14-15,20-22H2,(H,46,53)(H,47,50)(H,48,52)/b8-4-/t23-,27-,32+,33+,42-/m1/s1. The molecule has 17 heteroatoms. The molecule has 0 bridgehead atoms. The minimum absolute atomic E-state index is 0.0741. The number of fused-ring (bicyclic) bond motifs is 6. The molecule has 5 atom stereocenters. The van der Waals surface area contributed by atoms with Crippen LogP contribution in [-0.4, -0.2) is 83.7 Å². The van der Waals surface area contributed by atoms with Crippen LogP contribution in [0, 0.1) is 17.6 Å². The van der Waals surface area contributed by atoms with Crippen LogP contribution in [0.1, 0.15) is 83.5 Å². The Morgan fingerprint density at radius 1 is 0.932 bits per heavy atom. The number of ether oxygens (including phenoxy) is 2. The molecule has 9 rings (SSSR count). The summed E-state index contributed by atoms with van der Waals surface area (Å²) in [6.07, 6.45) is 9.05. The fourth-order valence-corrected chi connectivity index (χ4v) is 10.2. The van der Waals surface area contributed by atoms with Crippen molar-refractivity contribution in [3.05, 3.63) is 60.2 Å². The van der Waals surface area contributed by atoms with Crippen molar-refractivity contribution in [2.75, 3.05) is 6.54 Å². The molecule has 4 fully saturated rings. The zero-order valence-corrected chi connectivity index (χ0v) is 33.0. The number of carbonyl (C=O) groups excluding carboxylic acids is 4. The van der Waals surface area contributed by atoms with Crippen LogP contribution in [0.3, 0.4) is 0 Å². The zero-order valence-electron chi connectivity index (χ0n) is 32.2. The molecule has 0 spiro atoms. The smallest absolute Gasteiger partial charge is 0.408 e. The number of rotatable bonds is 7. The van der Waals surface area contributed by atoms with Gasteiger partial charge in [-0.25, -0.2) is 27.0 Å². The number of halogens is 2. The summed E-state index contributed by atoms with van der Waals surface area (Å²) in [5, 5.41) is 5.55. The van der Waals surface area contributed by atoms with Crippen molar-refractivity contribution in [3.63, 3.8) is 0 Å². The lowest BCUT2D eigenvalue weighted by Gasteiger charge is -2.30. The maximum absolute atomic E-state index is 14.8. The minimum atomic E-state index is -3.95. The van der Waals surface area contributed by atoms with Crippen molar-refractivity contribution in [1.82, 2.24) is 25.2 Å². The van der Waals surface area contributed by atoms with Crippen LogP contribution in [0.4, 0.5) is 13.6 Å². The summed E-state index contributed by atoms with van der Waals surface area (Å²) in [5.41, 5.74) is -0.572. The Hall–Kier alpha value is -5.32. The third-order valence-electron chi connectivity index (χ3n) is 12.3. The highest BCUT2D eigenvalue weighted by Crippen LogP contribution is 2.46. The number of nitrogens with one attached hydrogen (secondary N) is 3. The Labute approximate surface area is 338 Å². The molecule has 3 aliphatic carbocycles. The average molecular weight is 834 g/mol. The predicted molar refractivity (Wildman–Crippen MR) is 210 cm³/mol. The molecule has 4 heterocycles. The molecule has 3 N–H and O–H groups in total. The highest BCUT2D eigenvalue weighted by Gasteiger charge is 2.62.